The molecule has 2 N–H and O–H groups in total. The Labute approximate surface area is 116 Å². The second-order valence-corrected chi connectivity index (χ2v) is 5.01. The predicted molar refractivity (Wildman–Crippen MR) is 76.1 cm³/mol. The number of anilines is 1. The fourth-order valence-electron chi connectivity index (χ4n) is 2.43. The molecule has 0 spiro atoms. The van der Waals surface area contributed by atoms with Crippen LogP contribution < -0.4 is 10.6 Å². The molecule has 4 heteroatoms. The highest BCUT2D eigenvalue weighted by atomic mass is 35.5. The molecule has 1 aliphatic heterocycles. The van der Waals surface area contributed by atoms with E-state index in [1.165, 1.54) is 0 Å². The van der Waals surface area contributed by atoms with Crippen LogP contribution in [0.3, 0.4) is 0 Å². The van der Waals surface area contributed by atoms with Gasteiger partial charge in [0.25, 0.3) is 0 Å². The van der Waals surface area contributed by atoms with E-state index >= 15 is 0 Å². The first kappa shape index (κ1) is 12.2. The number of rotatable bonds is 2. The molecular formula is C15H13ClN2O. The fraction of sp³-hybridized carbons (Fsp3) is 0.133. The minimum absolute atomic E-state index is 0.0591. The number of β-lactam (4-membered cyclic amide) rings is 1. The number of amides is 1. The third kappa shape index (κ3) is 2.01. The molecule has 96 valence electrons. The van der Waals surface area contributed by atoms with Crippen molar-refractivity contribution in [3.05, 3.63) is 65.2 Å². The molecule has 3 rings (SSSR count). The van der Waals surface area contributed by atoms with Crippen molar-refractivity contribution in [2.75, 3.05) is 4.90 Å². The van der Waals surface area contributed by atoms with Crippen molar-refractivity contribution in [1.82, 2.24) is 0 Å². The van der Waals surface area contributed by atoms with E-state index in [1.54, 1.807) is 4.90 Å². The lowest BCUT2D eigenvalue weighted by molar-refractivity contribution is -0.126. The standard InChI is InChI=1S/C15H13ClN2O/c16-11-6-4-5-10(9-11)14-13(17)15(19)18(14)12-7-2-1-3-8-12/h1-9,13-14H,17H2/t13-,14+/m0/s1. The summed E-state index contributed by atoms with van der Waals surface area (Å²) in [5.41, 5.74) is 7.76. The van der Waals surface area contributed by atoms with Crippen LogP contribution >= 0.6 is 11.6 Å². The van der Waals surface area contributed by atoms with Crippen molar-refractivity contribution < 1.29 is 4.79 Å². The van der Waals surface area contributed by atoms with Gasteiger partial charge in [0.15, 0.2) is 0 Å². The minimum Gasteiger partial charge on any atom is -0.318 e. The molecule has 1 saturated heterocycles. The topological polar surface area (TPSA) is 46.3 Å². The molecule has 1 heterocycles. The third-order valence-corrected chi connectivity index (χ3v) is 3.60. The molecule has 1 amide bonds. The van der Waals surface area contributed by atoms with Crippen LogP contribution in [0.25, 0.3) is 0 Å². The maximum Gasteiger partial charge on any atom is 0.247 e. The van der Waals surface area contributed by atoms with Crippen molar-refractivity contribution in [3.8, 4) is 0 Å². The summed E-state index contributed by atoms with van der Waals surface area (Å²) in [5.74, 6) is -0.0591. The lowest BCUT2D eigenvalue weighted by Crippen LogP contribution is -2.63. The Bertz CT molecular complexity index is 615. The maximum absolute atomic E-state index is 12.0. The average Bonchev–Trinajstić information content (AvgIpc) is 2.44. The second kappa shape index (κ2) is 4.68. The zero-order chi connectivity index (χ0) is 13.4. The van der Waals surface area contributed by atoms with Gasteiger partial charge >= 0.3 is 0 Å². The molecule has 19 heavy (non-hydrogen) atoms. The van der Waals surface area contributed by atoms with Gasteiger partial charge in [-0.25, -0.2) is 0 Å². The zero-order valence-corrected chi connectivity index (χ0v) is 10.9. The van der Waals surface area contributed by atoms with Gasteiger partial charge in [0.2, 0.25) is 5.91 Å². The molecule has 0 aromatic heterocycles. The first-order valence-corrected chi connectivity index (χ1v) is 6.45. The van der Waals surface area contributed by atoms with E-state index in [2.05, 4.69) is 0 Å². The SMILES string of the molecule is N[C@@H]1C(=O)N(c2ccccc2)[C@@H]1c1cccc(Cl)c1. The highest BCUT2D eigenvalue weighted by Gasteiger charge is 2.46. The lowest BCUT2D eigenvalue weighted by atomic mass is 9.88. The van der Waals surface area contributed by atoms with Crippen molar-refractivity contribution in [2.45, 2.75) is 12.1 Å². The highest BCUT2D eigenvalue weighted by Crippen LogP contribution is 2.38. The van der Waals surface area contributed by atoms with Gasteiger partial charge in [-0.2, -0.15) is 0 Å². The summed E-state index contributed by atoms with van der Waals surface area (Å²) < 4.78 is 0. The van der Waals surface area contributed by atoms with Crippen LogP contribution in [0, 0.1) is 0 Å². The van der Waals surface area contributed by atoms with Gasteiger partial charge in [-0.1, -0.05) is 41.9 Å². The van der Waals surface area contributed by atoms with Crippen LogP contribution in [0.2, 0.25) is 5.02 Å². The van der Waals surface area contributed by atoms with Crippen LogP contribution in [-0.4, -0.2) is 11.9 Å². The molecule has 2 atom stereocenters. The Morgan fingerprint density at radius 2 is 1.79 bits per heavy atom. The van der Waals surface area contributed by atoms with Gasteiger partial charge in [-0.3, -0.25) is 4.79 Å². The number of hydrogen-bond acceptors (Lipinski definition) is 2. The predicted octanol–water partition coefficient (Wildman–Crippen LogP) is 2.76. The van der Waals surface area contributed by atoms with Crippen LogP contribution in [0.1, 0.15) is 11.6 Å². The van der Waals surface area contributed by atoms with E-state index in [4.69, 9.17) is 17.3 Å². The third-order valence-electron chi connectivity index (χ3n) is 3.37. The van der Waals surface area contributed by atoms with Gasteiger partial charge in [0.05, 0.1) is 6.04 Å². The number of carbonyl (C=O) groups excluding carboxylic acids is 1. The lowest BCUT2D eigenvalue weighted by Gasteiger charge is -2.45. The summed E-state index contributed by atoms with van der Waals surface area (Å²) in [7, 11) is 0. The first-order valence-electron chi connectivity index (χ1n) is 6.07. The Balaban J connectivity index is 1.98. The van der Waals surface area contributed by atoms with Crippen molar-refractivity contribution >= 4 is 23.2 Å². The maximum atomic E-state index is 12.0. The van der Waals surface area contributed by atoms with Crippen LogP contribution in [0.15, 0.2) is 54.6 Å². The Hall–Kier alpha value is -1.84. The molecule has 0 radical (unpaired) electrons. The zero-order valence-electron chi connectivity index (χ0n) is 10.2. The van der Waals surface area contributed by atoms with Gasteiger partial charge in [0.1, 0.15) is 6.04 Å². The average molecular weight is 273 g/mol. The van der Waals surface area contributed by atoms with Gasteiger partial charge in [-0.15, -0.1) is 0 Å². The van der Waals surface area contributed by atoms with E-state index < -0.39 is 6.04 Å². The molecule has 1 fully saturated rings. The molecular weight excluding hydrogens is 260 g/mol. The Morgan fingerprint density at radius 3 is 2.47 bits per heavy atom. The number of hydrogen-bond donors (Lipinski definition) is 1. The number of nitrogens with zero attached hydrogens (tertiary/aromatic N) is 1. The molecule has 0 bridgehead atoms. The molecule has 1 aliphatic rings. The highest BCUT2D eigenvalue weighted by molar-refractivity contribution is 6.30. The molecule has 0 aliphatic carbocycles. The molecule has 2 aromatic rings. The molecule has 2 aromatic carbocycles. The van der Waals surface area contributed by atoms with Crippen LogP contribution in [0.5, 0.6) is 0 Å². The van der Waals surface area contributed by atoms with E-state index in [1.807, 2.05) is 54.6 Å². The summed E-state index contributed by atoms with van der Waals surface area (Å²) in [4.78, 5) is 13.7. The normalized spacial score (nSPS) is 22.2. The number of halogens is 1. The first-order chi connectivity index (χ1) is 9.18. The smallest absolute Gasteiger partial charge is 0.247 e. The number of carbonyl (C=O) groups is 1. The van der Waals surface area contributed by atoms with E-state index in [0.29, 0.717) is 5.02 Å². The second-order valence-electron chi connectivity index (χ2n) is 4.57. The monoisotopic (exact) mass is 272 g/mol. The number of nitrogens with two attached hydrogens (primary N) is 1. The van der Waals surface area contributed by atoms with Crippen LogP contribution in [-0.2, 0) is 4.79 Å². The number of benzene rings is 2. The summed E-state index contributed by atoms with van der Waals surface area (Å²) in [6, 6.07) is 16.4. The summed E-state index contributed by atoms with van der Waals surface area (Å²) in [6.07, 6.45) is 0. The van der Waals surface area contributed by atoms with Crippen LogP contribution in [0.4, 0.5) is 5.69 Å². The van der Waals surface area contributed by atoms with Crippen molar-refractivity contribution in [1.29, 1.82) is 0 Å². The minimum atomic E-state index is -0.501. The van der Waals surface area contributed by atoms with E-state index in [-0.39, 0.29) is 11.9 Å². The Kier molecular flexibility index (Phi) is 3.01. The molecule has 0 saturated carbocycles. The summed E-state index contributed by atoms with van der Waals surface area (Å²) in [5, 5.41) is 0.650. The van der Waals surface area contributed by atoms with E-state index in [9.17, 15) is 4.79 Å². The van der Waals surface area contributed by atoms with Crippen molar-refractivity contribution in [2.24, 2.45) is 5.73 Å². The molecule has 0 unspecified atom stereocenters. The fourth-order valence-corrected chi connectivity index (χ4v) is 2.63. The Morgan fingerprint density at radius 1 is 1.05 bits per heavy atom. The summed E-state index contributed by atoms with van der Waals surface area (Å²) >= 11 is 6.00. The van der Waals surface area contributed by atoms with Crippen molar-refractivity contribution in [3.63, 3.8) is 0 Å². The van der Waals surface area contributed by atoms with Gasteiger partial charge in [-0.05, 0) is 29.8 Å². The largest absolute Gasteiger partial charge is 0.318 e. The quantitative estimate of drug-likeness (QED) is 0.855. The summed E-state index contributed by atoms with van der Waals surface area (Å²) in [6.45, 7) is 0. The van der Waals surface area contributed by atoms with Gasteiger partial charge in [0, 0.05) is 10.7 Å². The molecule has 3 nitrogen and oxygen atoms in total. The number of para-hydroxylation sites is 1. The van der Waals surface area contributed by atoms with Gasteiger partial charge < -0.3 is 10.6 Å². The van der Waals surface area contributed by atoms with E-state index in [0.717, 1.165) is 11.3 Å².